The van der Waals surface area contributed by atoms with Crippen LogP contribution in [-0.2, 0) is 4.74 Å². The van der Waals surface area contributed by atoms with Gasteiger partial charge in [-0.15, -0.1) is 11.6 Å². The van der Waals surface area contributed by atoms with E-state index in [1.807, 2.05) is 12.1 Å². The lowest BCUT2D eigenvalue weighted by Crippen LogP contribution is -2.19. The van der Waals surface area contributed by atoms with Crippen LogP contribution in [0.4, 0.5) is 5.82 Å². The molecule has 78 valence electrons. The van der Waals surface area contributed by atoms with E-state index in [2.05, 4.69) is 26.2 Å². The molecule has 0 saturated heterocycles. The van der Waals surface area contributed by atoms with E-state index < -0.39 is 0 Å². The number of methoxy groups -OCH3 is 1. The van der Waals surface area contributed by atoms with E-state index in [0.717, 1.165) is 10.3 Å². The van der Waals surface area contributed by atoms with Gasteiger partial charge in [-0.1, -0.05) is 0 Å². The molecule has 0 aliphatic rings. The van der Waals surface area contributed by atoms with Crippen molar-refractivity contribution in [3.63, 3.8) is 0 Å². The fourth-order valence-corrected chi connectivity index (χ4v) is 1.37. The van der Waals surface area contributed by atoms with Gasteiger partial charge in [0.2, 0.25) is 0 Å². The summed E-state index contributed by atoms with van der Waals surface area (Å²) in [6, 6.07) is 3.81. The topological polar surface area (TPSA) is 34.1 Å². The Kier molecular flexibility index (Phi) is 5.22. The number of hydrogen-bond acceptors (Lipinski definition) is 3. The molecule has 1 heterocycles. The predicted octanol–water partition coefficient (Wildman–Crippen LogP) is 2.51. The SMILES string of the molecule is COCC(Cl)CNc1ccc(Br)cn1. The molecule has 3 nitrogen and oxygen atoms in total. The third-order valence-corrected chi connectivity index (χ3v) is 2.33. The Morgan fingerprint density at radius 3 is 3.00 bits per heavy atom. The van der Waals surface area contributed by atoms with Crippen LogP contribution in [-0.4, -0.2) is 30.6 Å². The van der Waals surface area contributed by atoms with Gasteiger partial charge in [0.1, 0.15) is 5.82 Å². The summed E-state index contributed by atoms with van der Waals surface area (Å²) in [7, 11) is 1.63. The van der Waals surface area contributed by atoms with Crippen LogP contribution in [0, 0.1) is 0 Å². The number of anilines is 1. The highest BCUT2D eigenvalue weighted by Crippen LogP contribution is 2.10. The molecule has 1 atom stereocenters. The second kappa shape index (κ2) is 6.22. The molecule has 0 bridgehead atoms. The summed E-state index contributed by atoms with van der Waals surface area (Å²) in [4.78, 5) is 4.15. The van der Waals surface area contributed by atoms with Gasteiger partial charge in [0.25, 0.3) is 0 Å². The van der Waals surface area contributed by atoms with Crippen molar-refractivity contribution in [2.75, 3.05) is 25.6 Å². The Morgan fingerprint density at radius 1 is 1.64 bits per heavy atom. The van der Waals surface area contributed by atoms with Crippen LogP contribution < -0.4 is 5.32 Å². The van der Waals surface area contributed by atoms with E-state index in [4.69, 9.17) is 16.3 Å². The standard InChI is InChI=1S/C9H12BrClN2O/c1-14-6-8(11)5-13-9-3-2-7(10)4-12-9/h2-4,8H,5-6H2,1H3,(H,12,13). The van der Waals surface area contributed by atoms with Crippen molar-refractivity contribution < 1.29 is 4.74 Å². The Bertz CT molecular complexity index is 268. The van der Waals surface area contributed by atoms with E-state index in [-0.39, 0.29) is 5.38 Å². The first-order valence-electron chi connectivity index (χ1n) is 4.21. The Hall–Kier alpha value is -0.320. The molecule has 0 aromatic carbocycles. The van der Waals surface area contributed by atoms with E-state index >= 15 is 0 Å². The minimum atomic E-state index is -0.0366. The Balaban J connectivity index is 2.34. The third-order valence-electron chi connectivity index (χ3n) is 1.58. The van der Waals surface area contributed by atoms with Crippen molar-refractivity contribution in [2.45, 2.75) is 5.38 Å². The highest BCUT2D eigenvalue weighted by Gasteiger charge is 2.03. The molecule has 0 saturated carbocycles. The van der Waals surface area contributed by atoms with Crippen LogP contribution in [0.3, 0.4) is 0 Å². The van der Waals surface area contributed by atoms with Crippen LogP contribution >= 0.6 is 27.5 Å². The number of aromatic nitrogens is 1. The van der Waals surface area contributed by atoms with Crippen LogP contribution in [0.5, 0.6) is 0 Å². The number of hydrogen-bond donors (Lipinski definition) is 1. The number of alkyl halides is 1. The van der Waals surface area contributed by atoms with Crippen LogP contribution in [0.2, 0.25) is 0 Å². The van der Waals surface area contributed by atoms with Gasteiger partial charge in [-0.3, -0.25) is 0 Å². The Morgan fingerprint density at radius 2 is 2.43 bits per heavy atom. The smallest absolute Gasteiger partial charge is 0.126 e. The average molecular weight is 280 g/mol. The van der Waals surface area contributed by atoms with Gasteiger partial charge >= 0.3 is 0 Å². The molecule has 1 N–H and O–H groups in total. The van der Waals surface area contributed by atoms with Crippen molar-refractivity contribution in [3.8, 4) is 0 Å². The quantitative estimate of drug-likeness (QED) is 0.841. The molecule has 1 rings (SSSR count). The zero-order valence-electron chi connectivity index (χ0n) is 7.84. The van der Waals surface area contributed by atoms with E-state index in [1.165, 1.54) is 0 Å². The molecule has 1 aromatic heterocycles. The molecule has 5 heteroatoms. The van der Waals surface area contributed by atoms with Gasteiger partial charge in [0.15, 0.2) is 0 Å². The summed E-state index contributed by atoms with van der Waals surface area (Å²) in [5, 5.41) is 3.08. The van der Waals surface area contributed by atoms with Gasteiger partial charge < -0.3 is 10.1 Å². The lowest BCUT2D eigenvalue weighted by Gasteiger charge is -2.09. The van der Waals surface area contributed by atoms with Gasteiger partial charge in [0.05, 0.1) is 12.0 Å². The molecule has 0 amide bonds. The molecule has 1 unspecified atom stereocenters. The van der Waals surface area contributed by atoms with Crippen molar-refractivity contribution >= 4 is 33.3 Å². The van der Waals surface area contributed by atoms with Crippen molar-refractivity contribution in [3.05, 3.63) is 22.8 Å². The zero-order chi connectivity index (χ0) is 10.4. The molecular weight excluding hydrogens is 267 g/mol. The summed E-state index contributed by atoms with van der Waals surface area (Å²) in [6.45, 7) is 1.18. The number of halogens is 2. The van der Waals surface area contributed by atoms with Crippen molar-refractivity contribution in [2.24, 2.45) is 0 Å². The fourth-order valence-electron chi connectivity index (χ4n) is 0.935. The second-order valence-corrected chi connectivity index (χ2v) is 4.33. The molecule has 0 aliphatic carbocycles. The van der Waals surface area contributed by atoms with Gasteiger partial charge in [-0.05, 0) is 28.1 Å². The largest absolute Gasteiger partial charge is 0.383 e. The first kappa shape index (κ1) is 11.8. The molecular formula is C9H12BrClN2O. The number of ether oxygens (including phenoxy) is 1. The van der Waals surface area contributed by atoms with Crippen molar-refractivity contribution in [1.82, 2.24) is 4.98 Å². The van der Waals surface area contributed by atoms with E-state index in [0.29, 0.717) is 13.2 Å². The van der Waals surface area contributed by atoms with Gasteiger partial charge in [-0.2, -0.15) is 0 Å². The molecule has 0 fully saturated rings. The molecule has 0 aliphatic heterocycles. The lowest BCUT2D eigenvalue weighted by molar-refractivity contribution is 0.200. The first-order chi connectivity index (χ1) is 6.72. The summed E-state index contributed by atoms with van der Waals surface area (Å²) >= 11 is 9.25. The molecule has 0 spiro atoms. The second-order valence-electron chi connectivity index (χ2n) is 2.80. The monoisotopic (exact) mass is 278 g/mol. The lowest BCUT2D eigenvalue weighted by atomic mass is 10.4. The summed E-state index contributed by atoms with van der Waals surface area (Å²) < 4.78 is 5.87. The van der Waals surface area contributed by atoms with Crippen LogP contribution in [0.15, 0.2) is 22.8 Å². The zero-order valence-corrected chi connectivity index (χ0v) is 10.2. The summed E-state index contributed by atoms with van der Waals surface area (Å²) in [5.74, 6) is 0.815. The van der Waals surface area contributed by atoms with Crippen molar-refractivity contribution in [1.29, 1.82) is 0 Å². The Labute approximate surface area is 96.9 Å². The highest BCUT2D eigenvalue weighted by atomic mass is 79.9. The number of rotatable bonds is 5. The average Bonchev–Trinajstić information content (AvgIpc) is 2.17. The van der Waals surface area contributed by atoms with E-state index in [9.17, 15) is 0 Å². The summed E-state index contributed by atoms with van der Waals surface area (Å²) in [5.41, 5.74) is 0. The van der Waals surface area contributed by atoms with Crippen LogP contribution in [0.25, 0.3) is 0 Å². The fraction of sp³-hybridized carbons (Fsp3) is 0.444. The molecule has 0 radical (unpaired) electrons. The van der Waals surface area contributed by atoms with Gasteiger partial charge in [-0.25, -0.2) is 4.98 Å². The number of nitrogens with zero attached hydrogens (tertiary/aromatic N) is 1. The maximum absolute atomic E-state index is 5.94. The van der Waals surface area contributed by atoms with Gasteiger partial charge in [0, 0.05) is 24.3 Å². The molecule has 14 heavy (non-hydrogen) atoms. The predicted molar refractivity (Wildman–Crippen MR) is 61.9 cm³/mol. The number of nitrogens with one attached hydrogen (secondary N) is 1. The summed E-state index contributed by atoms with van der Waals surface area (Å²) in [6.07, 6.45) is 1.74. The minimum Gasteiger partial charge on any atom is -0.383 e. The highest BCUT2D eigenvalue weighted by molar-refractivity contribution is 9.10. The van der Waals surface area contributed by atoms with Crippen LogP contribution in [0.1, 0.15) is 0 Å². The maximum atomic E-state index is 5.94. The first-order valence-corrected chi connectivity index (χ1v) is 5.43. The normalized spacial score (nSPS) is 12.5. The van der Waals surface area contributed by atoms with E-state index in [1.54, 1.807) is 13.3 Å². The number of pyridine rings is 1. The minimum absolute atomic E-state index is 0.0366. The maximum Gasteiger partial charge on any atom is 0.126 e. The molecule has 1 aromatic rings. The third kappa shape index (κ3) is 4.26.